The zero-order valence-electron chi connectivity index (χ0n) is 11.8. The van der Waals surface area contributed by atoms with Crippen molar-refractivity contribution in [1.29, 1.82) is 0 Å². The van der Waals surface area contributed by atoms with Crippen LogP contribution in [0.2, 0.25) is 10.0 Å². The number of ether oxygens (including phenoxy) is 1. The molecule has 0 aliphatic carbocycles. The minimum absolute atomic E-state index is 0.0894. The molecule has 7 heteroatoms. The molecular formula is C16H12Cl2FNO3. The molecule has 0 heterocycles. The monoisotopic (exact) mass is 355 g/mol. The fraction of sp³-hybridized carbons (Fsp3) is 0.125. The highest BCUT2D eigenvalue weighted by Crippen LogP contribution is 2.19. The summed E-state index contributed by atoms with van der Waals surface area (Å²) in [6, 6.07) is 10.4. The third kappa shape index (κ3) is 4.94. The summed E-state index contributed by atoms with van der Waals surface area (Å²) in [6.07, 6.45) is 0. The summed E-state index contributed by atoms with van der Waals surface area (Å²) in [4.78, 5) is 23.4. The maximum Gasteiger partial charge on any atom is 0.325 e. The standard InChI is InChI=1S/C16H12Cl2FNO3/c17-11-6-4-10(5-7-11)16(22)20-8-15(21)23-9-12-13(18)2-1-3-14(12)19/h1-7H,8-9H2,(H,20,22). The lowest BCUT2D eigenvalue weighted by molar-refractivity contribution is -0.143. The Hall–Kier alpha value is -2.11. The Balaban J connectivity index is 1.83. The number of hydrogen-bond donors (Lipinski definition) is 1. The zero-order chi connectivity index (χ0) is 16.8. The van der Waals surface area contributed by atoms with Gasteiger partial charge in [0, 0.05) is 16.1 Å². The summed E-state index contributed by atoms with van der Waals surface area (Å²) in [7, 11) is 0. The number of benzene rings is 2. The number of carbonyl (C=O) groups is 2. The van der Waals surface area contributed by atoms with E-state index in [1.54, 1.807) is 12.1 Å². The summed E-state index contributed by atoms with van der Waals surface area (Å²) >= 11 is 11.5. The van der Waals surface area contributed by atoms with Crippen LogP contribution in [-0.2, 0) is 16.1 Å². The minimum Gasteiger partial charge on any atom is -0.459 e. The summed E-state index contributed by atoms with van der Waals surface area (Å²) in [5.41, 5.74) is 0.450. The highest BCUT2D eigenvalue weighted by Gasteiger charge is 2.12. The molecule has 0 fully saturated rings. The first-order valence-electron chi connectivity index (χ1n) is 6.59. The second kappa shape index (κ2) is 7.94. The Kier molecular flexibility index (Phi) is 5.96. The van der Waals surface area contributed by atoms with Crippen LogP contribution in [0.5, 0.6) is 0 Å². The normalized spacial score (nSPS) is 10.2. The van der Waals surface area contributed by atoms with Gasteiger partial charge in [0.15, 0.2) is 0 Å². The van der Waals surface area contributed by atoms with Crippen LogP contribution >= 0.6 is 23.2 Å². The van der Waals surface area contributed by atoms with Crippen molar-refractivity contribution in [2.45, 2.75) is 6.61 Å². The Bertz CT molecular complexity index is 700. The highest BCUT2D eigenvalue weighted by molar-refractivity contribution is 6.31. The fourth-order valence-electron chi connectivity index (χ4n) is 1.73. The lowest BCUT2D eigenvalue weighted by atomic mass is 10.2. The molecule has 1 N–H and O–H groups in total. The van der Waals surface area contributed by atoms with Crippen LogP contribution in [0.3, 0.4) is 0 Å². The first-order chi connectivity index (χ1) is 11.0. The Morgan fingerprint density at radius 3 is 2.43 bits per heavy atom. The van der Waals surface area contributed by atoms with E-state index in [4.69, 9.17) is 27.9 Å². The maximum atomic E-state index is 13.5. The molecule has 0 radical (unpaired) electrons. The van der Waals surface area contributed by atoms with Gasteiger partial charge in [-0.3, -0.25) is 9.59 Å². The molecule has 0 aliphatic heterocycles. The second-order valence-electron chi connectivity index (χ2n) is 4.55. The number of halogens is 3. The molecule has 0 spiro atoms. The molecule has 2 aromatic rings. The lowest BCUT2D eigenvalue weighted by Crippen LogP contribution is -2.30. The van der Waals surface area contributed by atoms with E-state index in [1.807, 2.05) is 0 Å². The summed E-state index contributed by atoms with van der Waals surface area (Å²) in [6.45, 7) is -0.644. The van der Waals surface area contributed by atoms with E-state index in [1.165, 1.54) is 30.3 Å². The van der Waals surface area contributed by atoms with Crippen molar-refractivity contribution in [2.24, 2.45) is 0 Å². The van der Waals surface area contributed by atoms with E-state index in [2.05, 4.69) is 5.32 Å². The third-order valence-corrected chi connectivity index (χ3v) is 3.54. The Labute approximate surface area is 142 Å². The third-order valence-electron chi connectivity index (χ3n) is 2.94. The molecule has 0 bridgehead atoms. The molecule has 0 unspecified atom stereocenters. The van der Waals surface area contributed by atoms with Gasteiger partial charge in [0.05, 0.1) is 5.02 Å². The number of nitrogens with one attached hydrogen (secondary N) is 1. The van der Waals surface area contributed by atoms with Crippen molar-refractivity contribution < 1.29 is 18.7 Å². The van der Waals surface area contributed by atoms with Crippen LogP contribution in [0.1, 0.15) is 15.9 Å². The molecule has 0 saturated heterocycles. The molecule has 2 rings (SSSR count). The van der Waals surface area contributed by atoms with Crippen molar-refractivity contribution in [2.75, 3.05) is 6.54 Å². The number of carbonyl (C=O) groups excluding carboxylic acids is 2. The predicted molar refractivity (Wildman–Crippen MR) is 85.0 cm³/mol. The molecule has 4 nitrogen and oxygen atoms in total. The average Bonchev–Trinajstić information content (AvgIpc) is 2.53. The molecular weight excluding hydrogens is 344 g/mol. The van der Waals surface area contributed by atoms with Gasteiger partial charge in [-0.2, -0.15) is 0 Å². The van der Waals surface area contributed by atoms with Crippen LogP contribution in [0.15, 0.2) is 42.5 Å². The van der Waals surface area contributed by atoms with Gasteiger partial charge in [0.25, 0.3) is 5.91 Å². The van der Waals surface area contributed by atoms with Gasteiger partial charge in [0.2, 0.25) is 0 Å². The van der Waals surface area contributed by atoms with Gasteiger partial charge < -0.3 is 10.1 Å². The van der Waals surface area contributed by atoms with Crippen molar-refractivity contribution >= 4 is 35.1 Å². The van der Waals surface area contributed by atoms with E-state index >= 15 is 0 Å². The van der Waals surface area contributed by atoms with E-state index in [9.17, 15) is 14.0 Å². The largest absolute Gasteiger partial charge is 0.459 e. The average molecular weight is 356 g/mol. The highest BCUT2D eigenvalue weighted by atomic mass is 35.5. The number of esters is 1. The molecule has 23 heavy (non-hydrogen) atoms. The molecule has 0 atom stereocenters. The smallest absolute Gasteiger partial charge is 0.325 e. The van der Waals surface area contributed by atoms with Gasteiger partial charge in [-0.25, -0.2) is 4.39 Å². The van der Waals surface area contributed by atoms with Crippen molar-refractivity contribution in [3.05, 3.63) is 69.5 Å². The zero-order valence-corrected chi connectivity index (χ0v) is 13.3. The van der Waals surface area contributed by atoms with Crippen LogP contribution in [-0.4, -0.2) is 18.4 Å². The maximum absolute atomic E-state index is 13.5. The van der Waals surface area contributed by atoms with E-state index in [-0.39, 0.29) is 23.7 Å². The van der Waals surface area contributed by atoms with E-state index < -0.39 is 17.7 Å². The second-order valence-corrected chi connectivity index (χ2v) is 5.39. The van der Waals surface area contributed by atoms with Crippen LogP contribution in [0, 0.1) is 5.82 Å². The topological polar surface area (TPSA) is 55.4 Å². The molecule has 0 aromatic heterocycles. The van der Waals surface area contributed by atoms with E-state index in [0.29, 0.717) is 10.6 Å². The van der Waals surface area contributed by atoms with Crippen LogP contribution in [0.4, 0.5) is 4.39 Å². The summed E-state index contributed by atoms with van der Waals surface area (Å²) < 4.78 is 18.4. The van der Waals surface area contributed by atoms with Crippen LogP contribution in [0.25, 0.3) is 0 Å². The minimum atomic E-state index is -0.702. The number of hydrogen-bond acceptors (Lipinski definition) is 3. The van der Waals surface area contributed by atoms with Gasteiger partial charge in [-0.05, 0) is 36.4 Å². The SMILES string of the molecule is O=C(CNC(=O)c1ccc(Cl)cc1)OCc1c(F)cccc1Cl. The van der Waals surface area contributed by atoms with Gasteiger partial charge in [0.1, 0.15) is 19.0 Å². The van der Waals surface area contributed by atoms with Crippen molar-refractivity contribution in [1.82, 2.24) is 5.32 Å². The van der Waals surface area contributed by atoms with Gasteiger partial charge >= 0.3 is 5.97 Å². The number of rotatable bonds is 5. The van der Waals surface area contributed by atoms with Crippen molar-refractivity contribution in [3.63, 3.8) is 0 Å². The van der Waals surface area contributed by atoms with Gasteiger partial charge in [-0.1, -0.05) is 29.3 Å². The summed E-state index contributed by atoms with van der Waals surface area (Å²) in [5, 5.41) is 3.07. The Morgan fingerprint density at radius 1 is 1.09 bits per heavy atom. The van der Waals surface area contributed by atoms with Crippen molar-refractivity contribution in [3.8, 4) is 0 Å². The molecule has 1 amide bonds. The van der Waals surface area contributed by atoms with E-state index in [0.717, 1.165) is 0 Å². The quantitative estimate of drug-likeness (QED) is 0.833. The predicted octanol–water partition coefficient (Wildman–Crippen LogP) is 3.61. The lowest BCUT2D eigenvalue weighted by Gasteiger charge is -2.08. The van der Waals surface area contributed by atoms with Crippen LogP contribution < -0.4 is 5.32 Å². The summed E-state index contributed by atoms with van der Waals surface area (Å²) in [5.74, 6) is -1.70. The molecule has 0 saturated carbocycles. The molecule has 2 aromatic carbocycles. The molecule has 0 aliphatic rings. The fourth-order valence-corrected chi connectivity index (χ4v) is 2.07. The molecule has 120 valence electrons. The first-order valence-corrected chi connectivity index (χ1v) is 7.35. The van der Waals surface area contributed by atoms with Gasteiger partial charge in [-0.15, -0.1) is 0 Å². The Morgan fingerprint density at radius 2 is 1.78 bits per heavy atom. The first kappa shape index (κ1) is 17.2. The number of amides is 1.